The van der Waals surface area contributed by atoms with Crippen LogP contribution in [0.15, 0.2) is 46.0 Å². The van der Waals surface area contributed by atoms with Crippen molar-refractivity contribution in [3.05, 3.63) is 47.3 Å². The Labute approximate surface area is 120 Å². The Morgan fingerprint density at radius 2 is 2.05 bits per heavy atom. The normalized spacial score (nSPS) is 10.3. The zero-order valence-electron chi connectivity index (χ0n) is 10.2. The van der Waals surface area contributed by atoms with E-state index < -0.39 is 5.97 Å². The van der Waals surface area contributed by atoms with Crippen LogP contribution in [0.1, 0.15) is 5.56 Å². The first-order valence-electron chi connectivity index (χ1n) is 5.84. The molecular formula is C14H14O3S2. The van der Waals surface area contributed by atoms with Crippen LogP contribution in [0.25, 0.3) is 0 Å². The number of hydrogen-bond donors (Lipinski definition) is 1. The van der Waals surface area contributed by atoms with Gasteiger partial charge < -0.3 is 9.84 Å². The Bertz CT molecular complexity index is 506. The second-order valence-electron chi connectivity index (χ2n) is 3.84. The van der Waals surface area contributed by atoms with Gasteiger partial charge in [-0.1, -0.05) is 18.2 Å². The summed E-state index contributed by atoms with van der Waals surface area (Å²) in [4.78, 5) is 10.5. The van der Waals surface area contributed by atoms with E-state index in [1.165, 1.54) is 4.21 Å². The molecule has 0 spiro atoms. The van der Waals surface area contributed by atoms with Crippen LogP contribution in [-0.2, 0) is 11.2 Å². The van der Waals surface area contributed by atoms with Crippen LogP contribution < -0.4 is 4.74 Å². The fraction of sp³-hybridized carbons (Fsp3) is 0.214. The fourth-order valence-electron chi connectivity index (χ4n) is 1.53. The number of rotatable bonds is 7. The third-order valence-corrected chi connectivity index (χ3v) is 4.47. The second kappa shape index (κ2) is 7.21. The zero-order valence-corrected chi connectivity index (χ0v) is 11.9. The molecule has 0 radical (unpaired) electrons. The molecule has 0 aliphatic carbocycles. The van der Waals surface area contributed by atoms with Crippen LogP contribution in [0.3, 0.4) is 0 Å². The van der Waals surface area contributed by atoms with Crippen molar-refractivity contribution in [2.45, 2.75) is 10.6 Å². The van der Waals surface area contributed by atoms with Gasteiger partial charge in [0.05, 0.1) is 17.2 Å². The summed E-state index contributed by atoms with van der Waals surface area (Å²) in [6.07, 6.45) is 0.0501. The Hall–Kier alpha value is -1.46. The Balaban J connectivity index is 1.72. The summed E-state index contributed by atoms with van der Waals surface area (Å²) in [5.41, 5.74) is 0.785. The van der Waals surface area contributed by atoms with E-state index in [1.54, 1.807) is 35.2 Å². The molecule has 0 saturated heterocycles. The van der Waals surface area contributed by atoms with Crippen LogP contribution in [0.5, 0.6) is 5.75 Å². The quantitative estimate of drug-likeness (QED) is 0.626. The number of thiophene rings is 1. The van der Waals surface area contributed by atoms with Crippen LogP contribution >= 0.6 is 23.1 Å². The van der Waals surface area contributed by atoms with Crippen molar-refractivity contribution in [3.8, 4) is 5.75 Å². The topological polar surface area (TPSA) is 46.5 Å². The molecule has 2 aromatic rings. The monoisotopic (exact) mass is 294 g/mol. The minimum Gasteiger partial charge on any atom is -0.493 e. The highest BCUT2D eigenvalue weighted by Crippen LogP contribution is 2.23. The average molecular weight is 294 g/mol. The Morgan fingerprint density at radius 1 is 1.26 bits per heavy atom. The Morgan fingerprint density at radius 3 is 2.68 bits per heavy atom. The molecule has 19 heavy (non-hydrogen) atoms. The van der Waals surface area contributed by atoms with E-state index in [4.69, 9.17) is 9.84 Å². The third kappa shape index (κ3) is 4.96. The SMILES string of the molecule is O=C(O)Cc1ccc(OCCSc2cccs2)cc1. The van der Waals surface area contributed by atoms with Crippen molar-refractivity contribution in [2.24, 2.45) is 0 Å². The molecule has 1 aromatic heterocycles. The molecule has 0 saturated carbocycles. The number of hydrogen-bond acceptors (Lipinski definition) is 4. The molecule has 5 heteroatoms. The molecule has 2 rings (SSSR count). The summed E-state index contributed by atoms with van der Waals surface area (Å²) in [6.45, 7) is 0.640. The van der Waals surface area contributed by atoms with E-state index in [9.17, 15) is 4.79 Å². The molecule has 3 nitrogen and oxygen atoms in total. The lowest BCUT2D eigenvalue weighted by molar-refractivity contribution is -0.136. The molecule has 0 aliphatic rings. The number of ether oxygens (including phenoxy) is 1. The predicted molar refractivity (Wildman–Crippen MR) is 78.3 cm³/mol. The number of carbonyl (C=O) groups is 1. The fourth-order valence-corrected chi connectivity index (χ4v) is 3.21. The first-order chi connectivity index (χ1) is 9.24. The van der Waals surface area contributed by atoms with Gasteiger partial charge in [-0.25, -0.2) is 0 Å². The van der Waals surface area contributed by atoms with Crippen molar-refractivity contribution in [1.29, 1.82) is 0 Å². The number of carboxylic acid groups (broad SMARTS) is 1. The maximum absolute atomic E-state index is 10.5. The largest absolute Gasteiger partial charge is 0.493 e. The van der Waals surface area contributed by atoms with Crippen molar-refractivity contribution < 1.29 is 14.6 Å². The summed E-state index contributed by atoms with van der Waals surface area (Å²) in [5, 5.41) is 10.7. The molecule has 0 fully saturated rings. The van der Waals surface area contributed by atoms with Gasteiger partial charge in [0.2, 0.25) is 0 Å². The van der Waals surface area contributed by atoms with Crippen molar-refractivity contribution in [1.82, 2.24) is 0 Å². The minimum atomic E-state index is -0.819. The molecule has 1 heterocycles. The van der Waals surface area contributed by atoms with E-state index in [0.717, 1.165) is 17.1 Å². The van der Waals surface area contributed by atoms with Gasteiger partial charge in [0.1, 0.15) is 5.75 Å². The van der Waals surface area contributed by atoms with Crippen LogP contribution in [0.2, 0.25) is 0 Å². The van der Waals surface area contributed by atoms with Gasteiger partial charge in [-0.05, 0) is 29.1 Å². The summed E-state index contributed by atoms with van der Waals surface area (Å²) in [7, 11) is 0. The van der Waals surface area contributed by atoms with E-state index in [0.29, 0.717) is 6.61 Å². The molecule has 0 atom stereocenters. The van der Waals surface area contributed by atoms with E-state index in [1.807, 2.05) is 18.2 Å². The summed E-state index contributed by atoms with van der Waals surface area (Å²) >= 11 is 3.50. The maximum atomic E-state index is 10.5. The third-order valence-electron chi connectivity index (χ3n) is 2.37. The molecular weight excluding hydrogens is 280 g/mol. The summed E-state index contributed by atoms with van der Waals surface area (Å²) in [5.74, 6) is 0.860. The van der Waals surface area contributed by atoms with Gasteiger partial charge in [-0.3, -0.25) is 4.79 Å². The van der Waals surface area contributed by atoms with Crippen LogP contribution in [0.4, 0.5) is 0 Å². The molecule has 100 valence electrons. The van der Waals surface area contributed by atoms with Crippen molar-refractivity contribution in [2.75, 3.05) is 12.4 Å². The van der Waals surface area contributed by atoms with E-state index >= 15 is 0 Å². The van der Waals surface area contributed by atoms with Gasteiger partial charge >= 0.3 is 5.97 Å². The average Bonchev–Trinajstić information content (AvgIpc) is 2.89. The van der Waals surface area contributed by atoms with Gasteiger partial charge in [0.15, 0.2) is 0 Å². The molecule has 0 unspecified atom stereocenters. The summed E-state index contributed by atoms with van der Waals surface area (Å²) in [6, 6.07) is 11.3. The minimum absolute atomic E-state index is 0.0501. The Kier molecular flexibility index (Phi) is 5.30. The van der Waals surface area contributed by atoms with E-state index in [-0.39, 0.29) is 6.42 Å². The standard InChI is InChI=1S/C14H14O3S2/c15-13(16)10-11-3-5-12(6-4-11)17-7-9-19-14-2-1-8-18-14/h1-6,8H,7,9-10H2,(H,15,16). The van der Waals surface area contributed by atoms with Crippen molar-refractivity contribution in [3.63, 3.8) is 0 Å². The highest BCUT2D eigenvalue weighted by atomic mass is 32.2. The van der Waals surface area contributed by atoms with Crippen molar-refractivity contribution >= 4 is 29.1 Å². The van der Waals surface area contributed by atoms with Gasteiger partial charge in [0, 0.05) is 5.75 Å². The molecule has 1 N–H and O–H groups in total. The lowest BCUT2D eigenvalue weighted by Gasteiger charge is -2.06. The first-order valence-corrected chi connectivity index (χ1v) is 7.70. The lowest BCUT2D eigenvalue weighted by atomic mass is 10.1. The first kappa shape index (κ1) is 14.0. The number of aliphatic carboxylic acids is 1. The van der Waals surface area contributed by atoms with E-state index in [2.05, 4.69) is 11.4 Å². The zero-order chi connectivity index (χ0) is 13.5. The second-order valence-corrected chi connectivity index (χ2v) is 6.19. The highest BCUT2D eigenvalue weighted by molar-refractivity contribution is 8.01. The van der Waals surface area contributed by atoms with Gasteiger partial charge in [-0.15, -0.1) is 23.1 Å². The van der Waals surface area contributed by atoms with Gasteiger partial charge in [0.25, 0.3) is 0 Å². The van der Waals surface area contributed by atoms with Gasteiger partial charge in [-0.2, -0.15) is 0 Å². The highest BCUT2D eigenvalue weighted by Gasteiger charge is 2.01. The lowest BCUT2D eigenvalue weighted by Crippen LogP contribution is -2.01. The number of carboxylic acids is 1. The van der Waals surface area contributed by atoms with Crippen LogP contribution in [0, 0.1) is 0 Å². The summed E-state index contributed by atoms with van der Waals surface area (Å²) < 4.78 is 6.89. The molecule has 1 aromatic carbocycles. The molecule has 0 aliphatic heterocycles. The predicted octanol–water partition coefficient (Wildman–Crippen LogP) is 3.55. The molecule has 0 amide bonds. The molecule has 0 bridgehead atoms. The van der Waals surface area contributed by atoms with Crippen LogP contribution in [-0.4, -0.2) is 23.4 Å². The number of benzene rings is 1. The number of thioether (sulfide) groups is 1. The smallest absolute Gasteiger partial charge is 0.307 e. The maximum Gasteiger partial charge on any atom is 0.307 e.